The number of benzene rings is 1. The Bertz CT molecular complexity index is 386. The lowest BCUT2D eigenvalue weighted by Crippen LogP contribution is -2.22. The normalized spacial score (nSPS) is 16.6. The molecule has 1 aliphatic rings. The zero-order valence-corrected chi connectivity index (χ0v) is 10.7. The van der Waals surface area contributed by atoms with Crippen molar-refractivity contribution in [2.75, 3.05) is 13.7 Å². The Labute approximate surface area is 103 Å². The summed E-state index contributed by atoms with van der Waals surface area (Å²) >= 11 is 0. The maximum Gasteiger partial charge on any atom is 0.161 e. The molecule has 17 heavy (non-hydrogen) atoms. The molecule has 0 bridgehead atoms. The molecule has 0 aliphatic heterocycles. The molecule has 1 aromatic rings. The molecule has 0 atom stereocenters. The monoisotopic (exact) mass is 235 g/mol. The topological polar surface area (TPSA) is 44.5 Å². The van der Waals surface area contributed by atoms with E-state index in [-0.39, 0.29) is 5.54 Å². The molecule has 2 N–H and O–H groups in total. The second kappa shape index (κ2) is 4.96. The molecule has 0 amide bonds. The summed E-state index contributed by atoms with van der Waals surface area (Å²) in [6.45, 7) is 2.63. The first-order chi connectivity index (χ1) is 8.17. The fourth-order valence-corrected chi connectivity index (χ4v) is 1.95. The van der Waals surface area contributed by atoms with Gasteiger partial charge in [-0.3, -0.25) is 0 Å². The smallest absolute Gasteiger partial charge is 0.161 e. The van der Waals surface area contributed by atoms with E-state index >= 15 is 0 Å². The van der Waals surface area contributed by atoms with Crippen LogP contribution in [-0.4, -0.2) is 19.3 Å². The Kier molecular flexibility index (Phi) is 3.57. The lowest BCUT2D eigenvalue weighted by Gasteiger charge is -2.12. The number of nitrogens with two attached hydrogens (primary N) is 1. The van der Waals surface area contributed by atoms with Crippen LogP contribution in [0, 0.1) is 0 Å². The first kappa shape index (κ1) is 12.2. The number of aryl methyl sites for hydroxylation is 1. The fourth-order valence-electron chi connectivity index (χ4n) is 1.95. The van der Waals surface area contributed by atoms with Gasteiger partial charge < -0.3 is 15.2 Å². The van der Waals surface area contributed by atoms with E-state index in [1.54, 1.807) is 7.11 Å². The number of hydrogen-bond acceptors (Lipinski definition) is 3. The van der Waals surface area contributed by atoms with Crippen molar-refractivity contribution in [2.24, 2.45) is 5.73 Å². The van der Waals surface area contributed by atoms with Gasteiger partial charge in [0.2, 0.25) is 0 Å². The predicted octanol–water partition coefficient (Wildman–Crippen LogP) is 2.52. The first-order valence-electron chi connectivity index (χ1n) is 6.25. The quantitative estimate of drug-likeness (QED) is 0.824. The molecule has 3 heteroatoms. The molecule has 0 unspecified atom stereocenters. The summed E-state index contributed by atoms with van der Waals surface area (Å²) < 4.78 is 10.8. The number of methoxy groups -OCH3 is 1. The summed E-state index contributed by atoms with van der Waals surface area (Å²) in [6.07, 6.45) is 4.41. The molecule has 1 aromatic carbocycles. The molecule has 94 valence electrons. The van der Waals surface area contributed by atoms with Crippen molar-refractivity contribution in [2.45, 2.75) is 38.1 Å². The highest BCUT2D eigenvalue weighted by Gasteiger charge is 2.37. The van der Waals surface area contributed by atoms with E-state index in [1.165, 1.54) is 18.4 Å². The first-order valence-corrected chi connectivity index (χ1v) is 6.25. The molecular formula is C14H21NO2. The molecule has 0 spiro atoms. The van der Waals surface area contributed by atoms with Crippen molar-refractivity contribution in [3.8, 4) is 11.5 Å². The molecule has 1 saturated carbocycles. The van der Waals surface area contributed by atoms with Crippen LogP contribution in [0.4, 0.5) is 0 Å². The van der Waals surface area contributed by atoms with Crippen LogP contribution in [0.3, 0.4) is 0 Å². The molecule has 1 fully saturated rings. The van der Waals surface area contributed by atoms with Gasteiger partial charge in [0.05, 0.1) is 13.7 Å². The Balaban J connectivity index is 2.04. The zero-order chi connectivity index (χ0) is 12.3. The maximum absolute atomic E-state index is 6.09. The molecular weight excluding hydrogens is 214 g/mol. The van der Waals surface area contributed by atoms with Crippen molar-refractivity contribution < 1.29 is 9.47 Å². The van der Waals surface area contributed by atoms with Crippen LogP contribution in [0.2, 0.25) is 0 Å². The molecule has 1 aliphatic carbocycles. The Morgan fingerprint density at radius 1 is 1.29 bits per heavy atom. The average molecular weight is 235 g/mol. The summed E-state index contributed by atoms with van der Waals surface area (Å²) in [7, 11) is 1.66. The largest absolute Gasteiger partial charge is 0.493 e. The number of rotatable bonds is 6. The fraction of sp³-hybridized carbons (Fsp3) is 0.571. The summed E-state index contributed by atoms with van der Waals surface area (Å²) in [6, 6.07) is 6.12. The average Bonchev–Trinajstić information content (AvgIpc) is 3.06. The van der Waals surface area contributed by atoms with E-state index < -0.39 is 0 Å². The summed E-state index contributed by atoms with van der Waals surface area (Å²) in [5.74, 6) is 1.62. The van der Waals surface area contributed by atoms with Crippen LogP contribution < -0.4 is 15.2 Å². The van der Waals surface area contributed by atoms with E-state index in [0.717, 1.165) is 24.3 Å². The predicted molar refractivity (Wildman–Crippen MR) is 68.6 cm³/mol. The van der Waals surface area contributed by atoms with Crippen LogP contribution >= 0.6 is 0 Å². The van der Waals surface area contributed by atoms with Crippen molar-refractivity contribution in [1.29, 1.82) is 0 Å². The summed E-state index contributed by atoms with van der Waals surface area (Å²) in [5, 5.41) is 0. The van der Waals surface area contributed by atoms with E-state index in [9.17, 15) is 0 Å². The minimum atomic E-state index is 0.117. The van der Waals surface area contributed by atoms with Crippen LogP contribution in [0.5, 0.6) is 11.5 Å². The molecule has 0 saturated heterocycles. The van der Waals surface area contributed by atoms with Gasteiger partial charge in [0.15, 0.2) is 11.5 Å². The van der Waals surface area contributed by atoms with E-state index in [0.29, 0.717) is 6.61 Å². The van der Waals surface area contributed by atoms with Crippen molar-refractivity contribution >= 4 is 0 Å². The van der Waals surface area contributed by atoms with Gasteiger partial charge in [0, 0.05) is 5.54 Å². The zero-order valence-electron chi connectivity index (χ0n) is 10.7. The lowest BCUT2D eigenvalue weighted by atomic mass is 10.0. The minimum Gasteiger partial charge on any atom is -0.493 e. The minimum absolute atomic E-state index is 0.117. The maximum atomic E-state index is 6.09. The van der Waals surface area contributed by atoms with Gasteiger partial charge in [-0.25, -0.2) is 0 Å². The summed E-state index contributed by atoms with van der Waals surface area (Å²) in [5.41, 5.74) is 7.48. The molecule has 0 aromatic heterocycles. The lowest BCUT2D eigenvalue weighted by molar-refractivity contribution is 0.310. The SMILES string of the molecule is CCOc1cc(CCC2(N)CC2)ccc1OC. The van der Waals surface area contributed by atoms with Crippen LogP contribution in [0.1, 0.15) is 31.7 Å². The third kappa shape index (κ3) is 3.13. The Hall–Kier alpha value is -1.22. The second-order valence-corrected chi connectivity index (χ2v) is 4.78. The van der Waals surface area contributed by atoms with Crippen molar-refractivity contribution in [1.82, 2.24) is 0 Å². The van der Waals surface area contributed by atoms with Gasteiger partial charge in [0.25, 0.3) is 0 Å². The highest BCUT2D eigenvalue weighted by atomic mass is 16.5. The van der Waals surface area contributed by atoms with Crippen LogP contribution in [-0.2, 0) is 6.42 Å². The highest BCUT2D eigenvalue weighted by Crippen LogP contribution is 2.37. The molecule has 2 rings (SSSR count). The Morgan fingerprint density at radius 3 is 2.65 bits per heavy atom. The standard InChI is InChI=1S/C14H21NO2/c1-3-17-13-10-11(4-5-12(13)16-2)6-7-14(15)8-9-14/h4-5,10H,3,6-9,15H2,1-2H3. The second-order valence-electron chi connectivity index (χ2n) is 4.78. The van der Waals surface area contributed by atoms with Crippen molar-refractivity contribution in [3.63, 3.8) is 0 Å². The van der Waals surface area contributed by atoms with Gasteiger partial charge >= 0.3 is 0 Å². The highest BCUT2D eigenvalue weighted by molar-refractivity contribution is 5.43. The van der Waals surface area contributed by atoms with Gasteiger partial charge in [-0.05, 0) is 50.3 Å². The van der Waals surface area contributed by atoms with Gasteiger partial charge in [-0.1, -0.05) is 6.07 Å². The van der Waals surface area contributed by atoms with E-state index in [4.69, 9.17) is 15.2 Å². The Morgan fingerprint density at radius 2 is 2.06 bits per heavy atom. The van der Waals surface area contributed by atoms with Crippen LogP contribution in [0.15, 0.2) is 18.2 Å². The third-order valence-corrected chi connectivity index (χ3v) is 3.33. The number of ether oxygens (including phenoxy) is 2. The van der Waals surface area contributed by atoms with E-state index in [1.807, 2.05) is 13.0 Å². The van der Waals surface area contributed by atoms with Crippen molar-refractivity contribution in [3.05, 3.63) is 23.8 Å². The van der Waals surface area contributed by atoms with Crippen LogP contribution in [0.25, 0.3) is 0 Å². The number of hydrogen-bond donors (Lipinski definition) is 1. The van der Waals surface area contributed by atoms with Gasteiger partial charge in [-0.15, -0.1) is 0 Å². The van der Waals surface area contributed by atoms with Gasteiger partial charge in [-0.2, -0.15) is 0 Å². The molecule has 3 nitrogen and oxygen atoms in total. The molecule has 0 radical (unpaired) electrons. The molecule has 0 heterocycles. The summed E-state index contributed by atoms with van der Waals surface area (Å²) in [4.78, 5) is 0. The van der Waals surface area contributed by atoms with Gasteiger partial charge in [0.1, 0.15) is 0 Å². The third-order valence-electron chi connectivity index (χ3n) is 3.33. The van der Waals surface area contributed by atoms with E-state index in [2.05, 4.69) is 12.1 Å².